The van der Waals surface area contributed by atoms with Crippen molar-refractivity contribution in [3.05, 3.63) is 51.6 Å². The number of nitrogens with zero attached hydrogens (tertiary/aromatic N) is 2. The van der Waals surface area contributed by atoms with Crippen LogP contribution in [0.5, 0.6) is 0 Å². The zero-order chi connectivity index (χ0) is 13.4. The van der Waals surface area contributed by atoms with E-state index in [4.69, 9.17) is 5.73 Å². The monoisotopic (exact) mass is 363 g/mol. The third kappa shape index (κ3) is 2.10. The Hall–Kier alpha value is -1.56. The van der Waals surface area contributed by atoms with Gasteiger partial charge in [-0.25, -0.2) is 4.98 Å². The number of hydrogen-bond acceptors (Lipinski definition) is 2. The molecule has 1 heterocycles. The fraction of sp³-hybridized carbons (Fsp3) is 0.133. The molecule has 3 rings (SSSR count). The van der Waals surface area contributed by atoms with Crippen LogP contribution in [0.3, 0.4) is 0 Å². The summed E-state index contributed by atoms with van der Waals surface area (Å²) in [4.78, 5) is 4.46. The van der Waals surface area contributed by atoms with E-state index in [2.05, 4.69) is 70.9 Å². The summed E-state index contributed by atoms with van der Waals surface area (Å²) in [6.07, 6.45) is 0.972. The summed E-state index contributed by atoms with van der Waals surface area (Å²) in [6.45, 7) is 2.15. The molecule has 0 aliphatic carbocycles. The lowest BCUT2D eigenvalue weighted by Crippen LogP contribution is -2.03. The molecule has 0 radical (unpaired) electrons. The lowest BCUT2D eigenvalue weighted by molar-refractivity contribution is 1.04. The Balaban J connectivity index is 2.33. The number of aromatic nitrogens is 2. The molecule has 0 amide bonds. The fourth-order valence-corrected chi connectivity index (χ4v) is 2.83. The molecule has 0 atom stereocenters. The number of anilines is 1. The molecule has 4 heteroatoms. The molecule has 0 bridgehead atoms. The molecule has 0 aliphatic rings. The quantitative estimate of drug-likeness (QED) is 0.705. The van der Waals surface area contributed by atoms with Crippen LogP contribution in [0.15, 0.2) is 42.5 Å². The first-order chi connectivity index (χ1) is 9.20. The standard InChI is InChI=1S/C15H14IN3/c1-2-10-5-3-4-6-13(10)19-14-8-7-11(16)9-12(14)18-15(19)17/h3-9H,2H2,1H3,(H2,17,18). The topological polar surface area (TPSA) is 43.8 Å². The normalized spacial score (nSPS) is 11.1. The van der Waals surface area contributed by atoms with Gasteiger partial charge in [-0.1, -0.05) is 25.1 Å². The van der Waals surface area contributed by atoms with Gasteiger partial charge in [0.1, 0.15) is 0 Å². The predicted molar refractivity (Wildman–Crippen MR) is 87.6 cm³/mol. The summed E-state index contributed by atoms with van der Waals surface area (Å²) in [5.41, 5.74) is 10.5. The van der Waals surface area contributed by atoms with E-state index in [0.29, 0.717) is 5.95 Å². The number of halogens is 1. The lowest BCUT2D eigenvalue weighted by Gasteiger charge is -2.11. The molecule has 2 aromatic carbocycles. The lowest BCUT2D eigenvalue weighted by atomic mass is 10.1. The summed E-state index contributed by atoms with van der Waals surface area (Å²) in [7, 11) is 0. The average Bonchev–Trinajstić information content (AvgIpc) is 2.73. The van der Waals surface area contributed by atoms with Crippen LogP contribution in [0, 0.1) is 3.57 Å². The maximum atomic E-state index is 6.11. The molecule has 0 fully saturated rings. The minimum absolute atomic E-state index is 0.540. The highest BCUT2D eigenvalue weighted by Gasteiger charge is 2.12. The Morgan fingerprint density at radius 3 is 2.79 bits per heavy atom. The Bertz CT molecular complexity index is 746. The average molecular weight is 363 g/mol. The highest BCUT2D eigenvalue weighted by Crippen LogP contribution is 2.26. The van der Waals surface area contributed by atoms with Crippen molar-refractivity contribution in [3.63, 3.8) is 0 Å². The number of rotatable bonds is 2. The second kappa shape index (κ2) is 4.85. The fourth-order valence-electron chi connectivity index (χ4n) is 2.35. The molecule has 0 saturated heterocycles. The van der Waals surface area contributed by atoms with E-state index in [9.17, 15) is 0 Å². The van der Waals surface area contributed by atoms with E-state index in [1.54, 1.807) is 0 Å². The molecule has 2 N–H and O–H groups in total. The molecular weight excluding hydrogens is 349 g/mol. The summed E-state index contributed by atoms with van der Waals surface area (Å²) in [5, 5.41) is 0. The maximum Gasteiger partial charge on any atom is 0.205 e. The summed E-state index contributed by atoms with van der Waals surface area (Å²) >= 11 is 2.29. The van der Waals surface area contributed by atoms with Gasteiger partial charge in [0.25, 0.3) is 0 Å². The van der Waals surface area contributed by atoms with E-state index in [0.717, 1.165) is 23.1 Å². The van der Waals surface area contributed by atoms with E-state index >= 15 is 0 Å². The number of aryl methyl sites for hydroxylation is 1. The smallest absolute Gasteiger partial charge is 0.205 e. The zero-order valence-electron chi connectivity index (χ0n) is 10.6. The van der Waals surface area contributed by atoms with E-state index in [-0.39, 0.29) is 0 Å². The van der Waals surface area contributed by atoms with Gasteiger partial charge in [-0.15, -0.1) is 0 Å². The Morgan fingerprint density at radius 2 is 2.00 bits per heavy atom. The van der Waals surface area contributed by atoms with Crippen molar-refractivity contribution in [2.24, 2.45) is 0 Å². The predicted octanol–water partition coefficient (Wildman–Crippen LogP) is 3.77. The summed E-state index contributed by atoms with van der Waals surface area (Å²) in [6, 6.07) is 14.5. The van der Waals surface area contributed by atoms with Crippen LogP contribution in [-0.4, -0.2) is 9.55 Å². The van der Waals surface area contributed by atoms with Crippen LogP contribution in [0.4, 0.5) is 5.95 Å². The van der Waals surface area contributed by atoms with Crippen molar-refractivity contribution in [1.82, 2.24) is 9.55 Å². The zero-order valence-corrected chi connectivity index (χ0v) is 12.8. The van der Waals surface area contributed by atoms with Gasteiger partial charge in [0, 0.05) is 3.57 Å². The minimum atomic E-state index is 0.540. The van der Waals surface area contributed by atoms with E-state index in [1.807, 2.05) is 10.6 Å². The van der Waals surface area contributed by atoms with Gasteiger partial charge in [0.2, 0.25) is 5.95 Å². The molecule has 0 unspecified atom stereocenters. The van der Waals surface area contributed by atoms with E-state index in [1.165, 1.54) is 9.13 Å². The number of benzene rings is 2. The van der Waals surface area contributed by atoms with Crippen LogP contribution >= 0.6 is 22.6 Å². The van der Waals surface area contributed by atoms with Gasteiger partial charge in [0.15, 0.2) is 0 Å². The van der Waals surface area contributed by atoms with Crippen LogP contribution in [0.2, 0.25) is 0 Å². The molecular formula is C15H14IN3. The Morgan fingerprint density at radius 1 is 1.21 bits per heavy atom. The molecule has 0 aliphatic heterocycles. The molecule has 3 aromatic rings. The number of nitrogen functional groups attached to an aromatic ring is 1. The number of fused-ring (bicyclic) bond motifs is 1. The van der Waals surface area contributed by atoms with Crippen LogP contribution in [0.1, 0.15) is 12.5 Å². The summed E-state index contributed by atoms with van der Waals surface area (Å²) < 4.78 is 3.20. The van der Waals surface area contributed by atoms with Crippen LogP contribution < -0.4 is 5.73 Å². The SMILES string of the molecule is CCc1ccccc1-n1c(N)nc2cc(I)ccc21. The third-order valence-electron chi connectivity index (χ3n) is 3.26. The number of nitrogens with two attached hydrogens (primary N) is 1. The number of imidazole rings is 1. The molecule has 0 spiro atoms. The van der Waals surface area contributed by atoms with E-state index < -0.39 is 0 Å². The van der Waals surface area contributed by atoms with Crippen LogP contribution in [0.25, 0.3) is 16.7 Å². The van der Waals surface area contributed by atoms with Crippen molar-refractivity contribution in [2.45, 2.75) is 13.3 Å². The van der Waals surface area contributed by atoms with Crippen molar-refractivity contribution in [1.29, 1.82) is 0 Å². The van der Waals surface area contributed by atoms with Crippen LogP contribution in [-0.2, 0) is 6.42 Å². The van der Waals surface area contributed by atoms with Gasteiger partial charge >= 0.3 is 0 Å². The molecule has 3 nitrogen and oxygen atoms in total. The first-order valence-electron chi connectivity index (χ1n) is 6.22. The second-order valence-corrected chi connectivity index (χ2v) is 5.67. The number of para-hydroxylation sites is 1. The largest absolute Gasteiger partial charge is 0.369 e. The first-order valence-corrected chi connectivity index (χ1v) is 7.30. The molecule has 96 valence electrons. The highest BCUT2D eigenvalue weighted by molar-refractivity contribution is 14.1. The Labute approximate surface area is 125 Å². The highest BCUT2D eigenvalue weighted by atomic mass is 127. The minimum Gasteiger partial charge on any atom is -0.369 e. The molecule has 1 aromatic heterocycles. The van der Waals surface area contributed by atoms with Gasteiger partial charge < -0.3 is 5.73 Å². The number of hydrogen-bond donors (Lipinski definition) is 1. The van der Waals surface area contributed by atoms with Crippen molar-refractivity contribution >= 4 is 39.6 Å². The maximum absolute atomic E-state index is 6.11. The van der Waals surface area contributed by atoms with Gasteiger partial charge in [-0.05, 0) is 58.8 Å². The van der Waals surface area contributed by atoms with Gasteiger partial charge in [-0.2, -0.15) is 0 Å². The second-order valence-electron chi connectivity index (χ2n) is 4.42. The first kappa shape index (κ1) is 12.5. The summed E-state index contributed by atoms with van der Waals surface area (Å²) in [5.74, 6) is 0.540. The third-order valence-corrected chi connectivity index (χ3v) is 3.93. The van der Waals surface area contributed by atoms with Crippen molar-refractivity contribution in [2.75, 3.05) is 5.73 Å². The van der Waals surface area contributed by atoms with Gasteiger partial charge in [0.05, 0.1) is 16.7 Å². The van der Waals surface area contributed by atoms with Crippen molar-refractivity contribution < 1.29 is 0 Å². The Kier molecular flexibility index (Phi) is 3.18. The van der Waals surface area contributed by atoms with Gasteiger partial charge in [-0.3, -0.25) is 4.57 Å². The molecule has 0 saturated carbocycles. The molecule has 19 heavy (non-hydrogen) atoms. The van der Waals surface area contributed by atoms with Crippen molar-refractivity contribution in [3.8, 4) is 5.69 Å².